The molecule has 2 rings (SSSR count). The van der Waals surface area contributed by atoms with Crippen LogP contribution in [0.5, 0.6) is 0 Å². The minimum Gasteiger partial charge on any atom is -0.394 e. The fourth-order valence-corrected chi connectivity index (χ4v) is 3.48. The maximum Gasteiger partial charge on any atom is 0.0623 e. The number of aliphatic hydroxyl groups is 1. The molecule has 18 heavy (non-hydrogen) atoms. The highest BCUT2D eigenvalue weighted by molar-refractivity contribution is 4.95. The minimum atomic E-state index is -0.132. The van der Waals surface area contributed by atoms with Crippen LogP contribution in [0.3, 0.4) is 0 Å². The van der Waals surface area contributed by atoms with Gasteiger partial charge in [0.15, 0.2) is 0 Å². The molecule has 3 atom stereocenters. The van der Waals surface area contributed by atoms with Crippen LogP contribution in [0, 0.1) is 5.92 Å². The molecule has 0 heterocycles. The van der Waals surface area contributed by atoms with Crippen molar-refractivity contribution in [1.82, 2.24) is 10.2 Å². The van der Waals surface area contributed by atoms with Gasteiger partial charge in [0, 0.05) is 18.6 Å². The normalized spacial score (nSPS) is 32.5. The average Bonchev–Trinajstić information content (AvgIpc) is 3.13. The van der Waals surface area contributed by atoms with Crippen molar-refractivity contribution in [3.63, 3.8) is 0 Å². The van der Waals surface area contributed by atoms with Crippen molar-refractivity contribution in [3.8, 4) is 0 Å². The third kappa shape index (κ3) is 3.69. The zero-order chi connectivity index (χ0) is 13.2. The van der Waals surface area contributed by atoms with Crippen LogP contribution < -0.4 is 5.32 Å². The Kier molecular flexibility index (Phi) is 4.68. The van der Waals surface area contributed by atoms with E-state index in [0.717, 1.165) is 12.5 Å². The van der Waals surface area contributed by atoms with Gasteiger partial charge < -0.3 is 15.3 Å². The van der Waals surface area contributed by atoms with Crippen molar-refractivity contribution in [2.45, 2.75) is 70.0 Å². The molecule has 2 N–H and O–H groups in total. The predicted molar refractivity (Wildman–Crippen MR) is 75.7 cm³/mol. The Bertz CT molecular complexity index is 267. The molecular weight excluding hydrogens is 224 g/mol. The third-order valence-electron chi connectivity index (χ3n) is 4.71. The van der Waals surface area contributed by atoms with Crippen molar-refractivity contribution in [2.75, 3.05) is 20.2 Å². The first kappa shape index (κ1) is 14.3. The number of aliphatic hydroxyl groups excluding tert-OH is 1. The second-order valence-corrected chi connectivity index (χ2v) is 6.88. The average molecular weight is 254 g/mol. The molecule has 0 aromatic carbocycles. The molecule has 2 saturated carbocycles. The van der Waals surface area contributed by atoms with Crippen LogP contribution in [-0.4, -0.2) is 47.8 Å². The van der Waals surface area contributed by atoms with Gasteiger partial charge in [-0.1, -0.05) is 19.8 Å². The molecule has 2 aliphatic rings. The number of nitrogens with one attached hydrogen (secondary N) is 1. The van der Waals surface area contributed by atoms with Gasteiger partial charge in [0.05, 0.1) is 12.1 Å². The first-order valence-electron chi connectivity index (χ1n) is 7.63. The molecule has 0 bridgehead atoms. The van der Waals surface area contributed by atoms with Crippen LogP contribution in [0.25, 0.3) is 0 Å². The van der Waals surface area contributed by atoms with Gasteiger partial charge in [0.1, 0.15) is 0 Å². The van der Waals surface area contributed by atoms with Gasteiger partial charge in [0.2, 0.25) is 0 Å². The van der Waals surface area contributed by atoms with Gasteiger partial charge in [-0.15, -0.1) is 0 Å². The SMILES string of the molecule is CC1CCCCC1N(C)CC(C)(CO)NC1CC1. The molecule has 2 fully saturated rings. The molecule has 0 spiro atoms. The monoisotopic (exact) mass is 254 g/mol. The number of likely N-dealkylation sites (N-methyl/N-ethyl adjacent to an activating group) is 1. The quantitative estimate of drug-likeness (QED) is 0.761. The topological polar surface area (TPSA) is 35.5 Å². The minimum absolute atomic E-state index is 0.132. The summed E-state index contributed by atoms with van der Waals surface area (Å²) >= 11 is 0. The van der Waals surface area contributed by atoms with Gasteiger partial charge in [0.25, 0.3) is 0 Å². The molecule has 0 saturated heterocycles. The molecule has 106 valence electrons. The summed E-state index contributed by atoms with van der Waals surface area (Å²) in [7, 11) is 2.23. The Balaban J connectivity index is 1.88. The Hall–Kier alpha value is -0.120. The number of nitrogens with zero attached hydrogens (tertiary/aromatic N) is 1. The van der Waals surface area contributed by atoms with Crippen molar-refractivity contribution in [1.29, 1.82) is 0 Å². The summed E-state index contributed by atoms with van der Waals surface area (Å²) < 4.78 is 0. The van der Waals surface area contributed by atoms with Crippen molar-refractivity contribution in [3.05, 3.63) is 0 Å². The molecular formula is C15H30N2O. The lowest BCUT2D eigenvalue weighted by molar-refractivity contribution is 0.0764. The predicted octanol–water partition coefficient (Wildman–Crippen LogP) is 2.00. The molecule has 0 aromatic rings. The van der Waals surface area contributed by atoms with E-state index in [-0.39, 0.29) is 12.1 Å². The number of rotatable bonds is 6. The summed E-state index contributed by atoms with van der Waals surface area (Å²) in [6.07, 6.45) is 8.00. The molecule has 3 heteroatoms. The van der Waals surface area contributed by atoms with E-state index in [1.165, 1.54) is 38.5 Å². The highest BCUT2D eigenvalue weighted by Crippen LogP contribution is 2.29. The summed E-state index contributed by atoms with van der Waals surface area (Å²) in [6.45, 7) is 5.73. The zero-order valence-electron chi connectivity index (χ0n) is 12.3. The second kappa shape index (κ2) is 5.89. The van der Waals surface area contributed by atoms with Gasteiger partial charge in [-0.05, 0) is 45.6 Å². The van der Waals surface area contributed by atoms with E-state index in [1.54, 1.807) is 0 Å². The molecule has 3 nitrogen and oxygen atoms in total. The van der Waals surface area contributed by atoms with Crippen molar-refractivity contribution < 1.29 is 5.11 Å². The highest BCUT2D eigenvalue weighted by Gasteiger charge is 2.35. The molecule has 0 aliphatic heterocycles. The lowest BCUT2D eigenvalue weighted by Gasteiger charge is -2.41. The standard InChI is InChI=1S/C15H30N2O/c1-12-6-4-5-7-14(12)17(3)10-15(2,11-18)16-13-8-9-13/h12-14,16,18H,4-11H2,1-3H3. The van der Waals surface area contributed by atoms with Crippen LogP contribution in [-0.2, 0) is 0 Å². The van der Waals surface area contributed by atoms with E-state index in [9.17, 15) is 5.11 Å². The summed E-state index contributed by atoms with van der Waals surface area (Å²) in [5.74, 6) is 0.799. The first-order chi connectivity index (χ1) is 8.54. The Labute approximate surface area is 112 Å². The van der Waals surface area contributed by atoms with Crippen molar-refractivity contribution >= 4 is 0 Å². The van der Waals surface area contributed by atoms with Crippen LogP contribution in [0.1, 0.15) is 52.4 Å². The largest absolute Gasteiger partial charge is 0.394 e. The molecule has 0 radical (unpaired) electrons. The Morgan fingerprint density at radius 2 is 1.89 bits per heavy atom. The molecule has 3 unspecified atom stereocenters. The van der Waals surface area contributed by atoms with Crippen LogP contribution >= 0.6 is 0 Å². The second-order valence-electron chi connectivity index (χ2n) is 6.88. The maximum atomic E-state index is 9.69. The van der Waals surface area contributed by atoms with Crippen LogP contribution in [0.15, 0.2) is 0 Å². The number of hydrogen-bond donors (Lipinski definition) is 2. The van der Waals surface area contributed by atoms with E-state index in [2.05, 4.69) is 31.1 Å². The summed E-state index contributed by atoms with van der Waals surface area (Å²) in [5.41, 5.74) is -0.132. The van der Waals surface area contributed by atoms with E-state index in [1.807, 2.05) is 0 Å². The molecule has 2 aliphatic carbocycles. The highest BCUT2D eigenvalue weighted by atomic mass is 16.3. The van der Waals surface area contributed by atoms with Gasteiger partial charge in [-0.3, -0.25) is 0 Å². The Morgan fingerprint density at radius 1 is 1.22 bits per heavy atom. The maximum absolute atomic E-state index is 9.69. The van der Waals surface area contributed by atoms with E-state index in [4.69, 9.17) is 0 Å². The Morgan fingerprint density at radius 3 is 2.44 bits per heavy atom. The van der Waals surface area contributed by atoms with Gasteiger partial charge >= 0.3 is 0 Å². The van der Waals surface area contributed by atoms with E-state index < -0.39 is 0 Å². The number of hydrogen-bond acceptors (Lipinski definition) is 3. The first-order valence-corrected chi connectivity index (χ1v) is 7.63. The van der Waals surface area contributed by atoms with Crippen LogP contribution in [0.2, 0.25) is 0 Å². The summed E-state index contributed by atoms with van der Waals surface area (Å²) in [4.78, 5) is 2.48. The van der Waals surface area contributed by atoms with Crippen molar-refractivity contribution in [2.24, 2.45) is 5.92 Å². The third-order valence-corrected chi connectivity index (χ3v) is 4.71. The summed E-state index contributed by atoms with van der Waals surface area (Å²) in [5, 5.41) is 13.3. The van der Waals surface area contributed by atoms with Gasteiger partial charge in [-0.2, -0.15) is 0 Å². The van der Waals surface area contributed by atoms with Gasteiger partial charge in [-0.25, -0.2) is 0 Å². The molecule has 0 amide bonds. The van der Waals surface area contributed by atoms with Crippen LogP contribution in [0.4, 0.5) is 0 Å². The van der Waals surface area contributed by atoms with E-state index >= 15 is 0 Å². The van der Waals surface area contributed by atoms with E-state index in [0.29, 0.717) is 12.1 Å². The zero-order valence-corrected chi connectivity index (χ0v) is 12.3. The fourth-order valence-electron chi connectivity index (χ4n) is 3.48. The lowest BCUT2D eigenvalue weighted by atomic mass is 9.84. The summed E-state index contributed by atoms with van der Waals surface area (Å²) in [6, 6.07) is 1.35. The smallest absolute Gasteiger partial charge is 0.0623 e. The lowest BCUT2D eigenvalue weighted by Crippen LogP contribution is -2.56. The molecule has 0 aromatic heterocycles. The fraction of sp³-hybridized carbons (Fsp3) is 1.00.